The van der Waals surface area contributed by atoms with E-state index in [-0.39, 0.29) is 17.5 Å². The van der Waals surface area contributed by atoms with Crippen molar-refractivity contribution >= 4 is 10.9 Å². The van der Waals surface area contributed by atoms with E-state index in [1.54, 1.807) is 7.11 Å². The van der Waals surface area contributed by atoms with E-state index in [9.17, 15) is 14.7 Å². The Labute approximate surface area is 196 Å². The molecule has 5 rings (SSSR count). The molecule has 0 saturated carbocycles. The summed E-state index contributed by atoms with van der Waals surface area (Å²) in [7, 11) is 1.63. The Morgan fingerprint density at radius 1 is 1.15 bits per heavy atom. The molecule has 8 heteroatoms. The number of hydrogen-bond donors (Lipinski definition) is 4. The zero-order valence-corrected chi connectivity index (χ0v) is 19.2. The van der Waals surface area contributed by atoms with Gasteiger partial charge in [0, 0.05) is 29.2 Å². The Bertz CT molecular complexity index is 1450. The van der Waals surface area contributed by atoms with Gasteiger partial charge >= 0.3 is 5.69 Å². The van der Waals surface area contributed by atoms with Gasteiger partial charge in [-0.05, 0) is 55.5 Å². The SMILES string of the molecule is COc1ccc2[nH]c3c(c2c1)CCN[C@@H]3c1c(O)n([C@@H](C)CCc2ccccc2)c(=O)[nH]c1=O. The van der Waals surface area contributed by atoms with Gasteiger partial charge in [-0.3, -0.25) is 14.3 Å². The smallest absolute Gasteiger partial charge is 0.331 e. The van der Waals surface area contributed by atoms with Gasteiger partial charge in [-0.2, -0.15) is 0 Å². The lowest BCUT2D eigenvalue weighted by Crippen LogP contribution is -2.39. The third kappa shape index (κ3) is 3.80. The highest BCUT2D eigenvalue weighted by atomic mass is 16.5. The molecule has 2 atom stereocenters. The van der Waals surface area contributed by atoms with E-state index >= 15 is 0 Å². The first-order chi connectivity index (χ1) is 16.5. The molecule has 0 unspecified atom stereocenters. The number of aromatic nitrogens is 3. The van der Waals surface area contributed by atoms with Crippen LogP contribution in [0.1, 0.15) is 47.8 Å². The molecule has 0 saturated heterocycles. The minimum atomic E-state index is -0.607. The maximum Gasteiger partial charge on any atom is 0.331 e. The second kappa shape index (κ2) is 8.87. The fourth-order valence-electron chi connectivity index (χ4n) is 4.95. The van der Waals surface area contributed by atoms with Crippen LogP contribution in [0.2, 0.25) is 0 Å². The first-order valence-corrected chi connectivity index (χ1v) is 11.5. The number of H-pyrrole nitrogens is 2. The van der Waals surface area contributed by atoms with Crippen molar-refractivity contribution in [2.45, 2.75) is 38.3 Å². The van der Waals surface area contributed by atoms with Gasteiger partial charge in [0.15, 0.2) is 0 Å². The zero-order valence-electron chi connectivity index (χ0n) is 19.2. The molecular weight excluding hydrogens is 432 g/mol. The number of aromatic amines is 2. The zero-order chi connectivity index (χ0) is 23.8. The highest BCUT2D eigenvalue weighted by Crippen LogP contribution is 2.36. The average molecular weight is 461 g/mol. The fraction of sp³-hybridized carbons (Fsp3) is 0.308. The van der Waals surface area contributed by atoms with Crippen LogP contribution in [-0.4, -0.2) is 33.3 Å². The van der Waals surface area contributed by atoms with Crippen LogP contribution in [0, 0.1) is 0 Å². The van der Waals surface area contributed by atoms with Crippen molar-refractivity contribution in [3.63, 3.8) is 0 Å². The Balaban J connectivity index is 1.55. The summed E-state index contributed by atoms with van der Waals surface area (Å²) in [4.78, 5) is 31.5. The molecule has 1 aliphatic heterocycles. The summed E-state index contributed by atoms with van der Waals surface area (Å²) < 4.78 is 6.67. The lowest BCUT2D eigenvalue weighted by Gasteiger charge is -2.26. The molecule has 176 valence electrons. The van der Waals surface area contributed by atoms with E-state index in [1.165, 1.54) is 4.57 Å². The molecule has 0 radical (unpaired) electrons. The van der Waals surface area contributed by atoms with Crippen LogP contribution < -0.4 is 21.3 Å². The topological polar surface area (TPSA) is 112 Å². The van der Waals surface area contributed by atoms with Crippen molar-refractivity contribution < 1.29 is 9.84 Å². The highest BCUT2D eigenvalue weighted by Gasteiger charge is 2.31. The maximum atomic E-state index is 12.9. The van der Waals surface area contributed by atoms with Gasteiger partial charge in [0.05, 0.1) is 13.2 Å². The molecule has 0 amide bonds. The van der Waals surface area contributed by atoms with Gasteiger partial charge in [0.25, 0.3) is 5.56 Å². The van der Waals surface area contributed by atoms with Crippen LogP contribution in [0.3, 0.4) is 0 Å². The summed E-state index contributed by atoms with van der Waals surface area (Å²) in [6, 6.07) is 14.9. The molecule has 0 bridgehead atoms. The Hall–Kier alpha value is -3.78. The average Bonchev–Trinajstić information content (AvgIpc) is 3.21. The number of hydrogen-bond acceptors (Lipinski definition) is 5. The molecular formula is C26H28N4O4. The number of nitrogens with one attached hydrogen (secondary N) is 3. The standard InChI is InChI=1S/C26H28N4O4/c1-15(8-9-16-6-4-3-5-7-16)30-25(32)21(24(31)29-26(30)33)23-22-18(12-13-27-23)19-14-17(34-2)10-11-20(19)28-22/h3-7,10-11,14-15,23,27-28,32H,8-9,12-13H2,1-2H3,(H,29,31,33)/t15-,23+/m0/s1. The van der Waals surface area contributed by atoms with Crippen LogP contribution >= 0.6 is 0 Å². The summed E-state index contributed by atoms with van der Waals surface area (Å²) >= 11 is 0. The first kappa shape index (κ1) is 22.0. The monoisotopic (exact) mass is 460 g/mol. The van der Waals surface area contributed by atoms with Crippen molar-refractivity contribution in [3.8, 4) is 11.6 Å². The lowest BCUT2D eigenvalue weighted by atomic mass is 9.95. The van der Waals surface area contributed by atoms with Gasteiger partial charge in [-0.25, -0.2) is 4.79 Å². The number of benzene rings is 2. The van der Waals surface area contributed by atoms with E-state index in [2.05, 4.69) is 15.3 Å². The predicted octanol–water partition coefficient (Wildman–Crippen LogP) is 3.16. The molecule has 2 aromatic heterocycles. The van der Waals surface area contributed by atoms with E-state index in [1.807, 2.05) is 55.5 Å². The minimum absolute atomic E-state index is 0.144. The summed E-state index contributed by atoms with van der Waals surface area (Å²) in [5.41, 5.74) is 2.92. The van der Waals surface area contributed by atoms with E-state index in [0.717, 1.165) is 46.3 Å². The normalized spacial score (nSPS) is 16.4. The predicted molar refractivity (Wildman–Crippen MR) is 131 cm³/mol. The third-order valence-corrected chi connectivity index (χ3v) is 6.73. The van der Waals surface area contributed by atoms with Gasteiger partial charge in [-0.1, -0.05) is 30.3 Å². The number of ether oxygens (including phenoxy) is 1. The van der Waals surface area contributed by atoms with Crippen LogP contribution in [0.25, 0.3) is 10.9 Å². The van der Waals surface area contributed by atoms with Crippen LogP contribution in [0.5, 0.6) is 11.6 Å². The van der Waals surface area contributed by atoms with Gasteiger partial charge in [-0.15, -0.1) is 0 Å². The fourth-order valence-corrected chi connectivity index (χ4v) is 4.95. The van der Waals surface area contributed by atoms with Crippen LogP contribution in [0.4, 0.5) is 0 Å². The molecule has 8 nitrogen and oxygen atoms in total. The highest BCUT2D eigenvalue weighted by molar-refractivity contribution is 5.86. The Morgan fingerprint density at radius 2 is 1.94 bits per heavy atom. The maximum absolute atomic E-state index is 12.9. The number of fused-ring (bicyclic) bond motifs is 3. The number of methoxy groups -OCH3 is 1. The molecule has 0 aliphatic carbocycles. The van der Waals surface area contributed by atoms with E-state index < -0.39 is 17.3 Å². The number of aryl methyl sites for hydroxylation is 1. The van der Waals surface area contributed by atoms with Crippen molar-refractivity contribution in [1.82, 2.24) is 19.9 Å². The third-order valence-electron chi connectivity index (χ3n) is 6.73. The Kier molecular flexibility index (Phi) is 5.75. The van der Waals surface area contributed by atoms with E-state index in [0.29, 0.717) is 13.0 Å². The number of rotatable bonds is 6. The van der Waals surface area contributed by atoms with Crippen LogP contribution in [-0.2, 0) is 12.8 Å². The van der Waals surface area contributed by atoms with Crippen LogP contribution in [0.15, 0.2) is 58.1 Å². The van der Waals surface area contributed by atoms with Crippen molar-refractivity contribution in [2.75, 3.05) is 13.7 Å². The number of nitrogens with zero attached hydrogens (tertiary/aromatic N) is 1. The molecule has 1 aliphatic rings. The first-order valence-electron chi connectivity index (χ1n) is 11.5. The summed E-state index contributed by atoms with van der Waals surface area (Å²) in [5, 5.41) is 15.6. The quantitative estimate of drug-likeness (QED) is 0.353. The largest absolute Gasteiger partial charge is 0.497 e. The Morgan fingerprint density at radius 3 is 2.71 bits per heavy atom. The molecule has 2 aromatic carbocycles. The van der Waals surface area contributed by atoms with Gasteiger partial charge in [0.2, 0.25) is 5.88 Å². The summed E-state index contributed by atoms with van der Waals surface area (Å²) in [6.45, 7) is 2.50. The number of aromatic hydroxyl groups is 1. The second-order valence-corrected chi connectivity index (χ2v) is 8.81. The van der Waals surface area contributed by atoms with Crippen molar-refractivity contribution in [3.05, 3.63) is 91.8 Å². The second-order valence-electron chi connectivity index (χ2n) is 8.81. The molecule has 0 fully saturated rings. The molecule has 34 heavy (non-hydrogen) atoms. The van der Waals surface area contributed by atoms with E-state index in [4.69, 9.17) is 4.74 Å². The molecule has 4 N–H and O–H groups in total. The minimum Gasteiger partial charge on any atom is -0.497 e. The summed E-state index contributed by atoms with van der Waals surface area (Å²) in [5.74, 6) is 0.460. The molecule has 3 heterocycles. The summed E-state index contributed by atoms with van der Waals surface area (Å²) in [6.07, 6.45) is 2.15. The van der Waals surface area contributed by atoms with Gasteiger partial charge in [0.1, 0.15) is 11.3 Å². The lowest BCUT2D eigenvalue weighted by molar-refractivity contribution is 0.349. The van der Waals surface area contributed by atoms with Crippen molar-refractivity contribution in [1.29, 1.82) is 0 Å². The van der Waals surface area contributed by atoms with Gasteiger partial charge < -0.3 is 20.1 Å². The van der Waals surface area contributed by atoms with Crippen molar-refractivity contribution in [2.24, 2.45) is 0 Å². The molecule has 4 aromatic rings. The molecule has 0 spiro atoms.